The Hall–Kier alpha value is -0.740. The van der Waals surface area contributed by atoms with Crippen LogP contribution in [0.5, 0.6) is 0 Å². The van der Waals surface area contributed by atoms with Crippen LogP contribution in [0.3, 0.4) is 0 Å². The number of aliphatic hydroxyl groups is 1. The first kappa shape index (κ1) is 7.89. The topological polar surface area (TPSA) is 47.9 Å². The van der Waals surface area contributed by atoms with Gasteiger partial charge in [-0.3, -0.25) is 0 Å². The highest BCUT2D eigenvalue weighted by molar-refractivity contribution is 5.20. The molecule has 12 heavy (non-hydrogen) atoms. The largest absolute Gasteiger partial charge is 0.506 e. The normalized spacial score (nSPS) is 46.2. The van der Waals surface area contributed by atoms with Crippen LogP contribution < -0.4 is 0 Å². The molecular weight excluding hydrogens is 160 g/mol. The molecule has 0 aromatic heterocycles. The van der Waals surface area contributed by atoms with Crippen LogP contribution in [0.25, 0.3) is 0 Å². The van der Waals surface area contributed by atoms with Crippen molar-refractivity contribution in [2.24, 2.45) is 0 Å². The summed E-state index contributed by atoms with van der Waals surface area (Å²) in [6.45, 7) is 5.26. The molecule has 4 heteroatoms. The summed E-state index contributed by atoms with van der Waals surface area (Å²) in [4.78, 5) is 0. The van der Waals surface area contributed by atoms with E-state index in [1.54, 1.807) is 20.8 Å². The lowest BCUT2D eigenvalue weighted by molar-refractivity contribution is -0.209. The minimum atomic E-state index is -0.872. The first-order valence-corrected chi connectivity index (χ1v) is 3.99. The molecule has 2 aliphatic rings. The minimum absolute atomic E-state index is 0.141. The van der Waals surface area contributed by atoms with Crippen molar-refractivity contribution in [1.82, 2.24) is 0 Å². The number of fused-ring (bicyclic) bond motifs is 1. The van der Waals surface area contributed by atoms with Crippen LogP contribution >= 0.6 is 0 Å². The third-order valence-corrected chi connectivity index (χ3v) is 2.11. The lowest BCUT2D eigenvalue weighted by Crippen LogP contribution is -2.28. The van der Waals surface area contributed by atoms with Crippen molar-refractivity contribution in [1.29, 1.82) is 0 Å². The fourth-order valence-corrected chi connectivity index (χ4v) is 1.62. The molecule has 0 radical (unpaired) electrons. The van der Waals surface area contributed by atoms with Gasteiger partial charge in [-0.15, -0.1) is 0 Å². The Kier molecular flexibility index (Phi) is 1.41. The van der Waals surface area contributed by atoms with Crippen molar-refractivity contribution < 1.29 is 19.3 Å². The number of hydrogen-bond acceptors (Lipinski definition) is 4. The minimum Gasteiger partial charge on any atom is -0.506 e. The van der Waals surface area contributed by atoms with Gasteiger partial charge >= 0.3 is 0 Å². The molecule has 0 aromatic rings. The number of ether oxygens (including phenoxy) is 3. The van der Waals surface area contributed by atoms with Gasteiger partial charge in [0, 0.05) is 0 Å². The second-order valence-electron chi connectivity index (χ2n) is 3.22. The van der Waals surface area contributed by atoms with Crippen molar-refractivity contribution in [2.45, 2.75) is 39.0 Å². The van der Waals surface area contributed by atoms with Crippen molar-refractivity contribution in [3.63, 3.8) is 0 Å². The van der Waals surface area contributed by atoms with Gasteiger partial charge in [-0.25, -0.2) is 0 Å². The van der Waals surface area contributed by atoms with Gasteiger partial charge in [0.15, 0.2) is 11.5 Å². The highest BCUT2D eigenvalue weighted by atomic mass is 16.8. The molecule has 0 aliphatic carbocycles. The third-order valence-electron chi connectivity index (χ3n) is 2.11. The summed E-state index contributed by atoms with van der Waals surface area (Å²) in [6.07, 6.45) is -0.683. The highest BCUT2D eigenvalue weighted by Gasteiger charge is 2.51. The zero-order chi connectivity index (χ0) is 8.93. The van der Waals surface area contributed by atoms with Gasteiger partial charge < -0.3 is 19.3 Å². The monoisotopic (exact) mass is 172 g/mol. The summed E-state index contributed by atoms with van der Waals surface area (Å²) in [7, 11) is 0. The van der Waals surface area contributed by atoms with Gasteiger partial charge in [0.2, 0.25) is 12.1 Å². The predicted molar refractivity (Wildman–Crippen MR) is 40.2 cm³/mol. The smallest absolute Gasteiger partial charge is 0.232 e. The number of rotatable bonds is 0. The molecule has 2 heterocycles. The van der Waals surface area contributed by atoms with E-state index in [1.165, 1.54) is 0 Å². The molecule has 3 unspecified atom stereocenters. The molecule has 1 saturated heterocycles. The van der Waals surface area contributed by atoms with Crippen LogP contribution in [0.2, 0.25) is 0 Å². The molecule has 3 atom stereocenters. The van der Waals surface area contributed by atoms with E-state index in [2.05, 4.69) is 0 Å². The Bertz CT molecular complexity index is 247. The van der Waals surface area contributed by atoms with E-state index >= 15 is 0 Å². The molecular formula is C8H12O4. The fourth-order valence-electron chi connectivity index (χ4n) is 1.62. The standard InChI is InChI=1S/C8H12O4/c1-4-6(9)7-8(3,11-4)12-5(2)10-7/h4-5,9H,1-3H3. The molecule has 0 aromatic carbocycles. The Balaban J connectivity index is 2.37. The van der Waals surface area contributed by atoms with Gasteiger partial charge in [0.25, 0.3) is 0 Å². The van der Waals surface area contributed by atoms with Crippen molar-refractivity contribution >= 4 is 0 Å². The summed E-state index contributed by atoms with van der Waals surface area (Å²) in [5.74, 6) is -0.313. The number of aliphatic hydroxyl groups excluding tert-OH is 1. The SMILES string of the molecule is CC1OC2=C(O)C(C)OC2(C)O1. The van der Waals surface area contributed by atoms with E-state index in [0.717, 1.165) is 0 Å². The molecule has 68 valence electrons. The quantitative estimate of drug-likeness (QED) is 0.598. The van der Waals surface area contributed by atoms with Crippen LogP contribution in [-0.4, -0.2) is 23.3 Å². The van der Waals surface area contributed by atoms with Gasteiger partial charge in [0.05, 0.1) is 0 Å². The molecule has 0 saturated carbocycles. The van der Waals surface area contributed by atoms with E-state index in [1.807, 2.05) is 0 Å². The van der Waals surface area contributed by atoms with Crippen LogP contribution in [0.15, 0.2) is 11.5 Å². The van der Waals surface area contributed by atoms with E-state index in [-0.39, 0.29) is 18.2 Å². The average molecular weight is 172 g/mol. The maximum Gasteiger partial charge on any atom is 0.232 e. The van der Waals surface area contributed by atoms with E-state index in [9.17, 15) is 5.11 Å². The Labute approximate surface area is 70.7 Å². The predicted octanol–water partition coefficient (Wildman–Crippen LogP) is 1.28. The van der Waals surface area contributed by atoms with E-state index < -0.39 is 5.79 Å². The Morgan fingerprint density at radius 1 is 1.33 bits per heavy atom. The Morgan fingerprint density at radius 3 is 2.58 bits per heavy atom. The van der Waals surface area contributed by atoms with E-state index in [0.29, 0.717) is 5.76 Å². The summed E-state index contributed by atoms with van der Waals surface area (Å²) in [6, 6.07) is 0. The van der Waals surface area contributed by atoms with Crippen LogP contribution in [0, 0.1) is 0 Å². The molecule has 2 aliphatic heterocycles. The summed E-state index contributed by atoms with van der Waals surface area (Å²) < 4.78 is 16.0. The molecule has 0 spiro atoms. The van der Waals surface area contributed by atoms with Crippen LogP contribution in [0.4, 0.5) is 0 Å². The zero-order valence-corrected chi connectivity index (χ0v) is 7.33. The van der Waals surface area contributed by atoms with Crippen molar-refractivity contribution in [3.8, 4) is 0 Å². The molecule has 2 rings (SSSR count). The molecule has 1 N–H and O–H groups in total. The second-order valence-corrected chi connectivity index (χ2v) is 3.22. The number of hydrogen-bond donors (Lipinski definition) is 1. The molecule has 1 fully saturated rings. The summed E-state index contributed by atoms with van der Waals surface area (Å²) in [5, 5.41) is 9.50. The van der Waals surface area contributed by atoms with Crippen LogP contribution in [-0.2, 0) is 14.2 Å². The van der Waals surface area contributed by atoms with Crippen LogP contribution in [0.1, 0.15) is 20.8 Å². The first-order chi connectivity index (χ1) is 5.53. The summed E-state index contributed by atoms with van der Waals surface area (Å²) in [5.41, 5.74) is 0. The molecule has 0 amide bonds. The Morgan fingerprint density at radius 2 is 2.00 bits per heavy atom. The lowest BCUT2D eigenvalue weighted by atomic mass is 10.2. The molecule has 4 nitrogen and oxygen atoms in total. The molecule has 0 bridgehead atoms. The van der Waals surface area contributed by atoms with Gasteiger partial charge in [-0.1, -0.05) is 0 Å². The fraction of sp³-hybridized carbons (Fsp3) is 0.750. The van der Waals surface area contributed by atoms with Gasteiger partial charge in [0.1, 0.15) is 6.10 Å². The van der Waals surface area contributed by atoms with Gasteiger partial charge in [-0.05, 0) is 20.8 Å². The maximum absolute atomic E-state index is 9.50. The average Bonchev–Trinajstić information content (AvgIpc) is 2.31. The van der Waals surface area contributed by atoms with Crippen molar-refractivity contribution in [3.05, 3.63) is 11.5 Å². The first-order valence-electron chi connectivity index (χ1n) is 3.99. The maximum atomic E-state index is 9.50. The van der Waals surface area contributed by atoms with Crippen molar-refractivity contribution in [2.75, 3.05) is 0 Å². The highest BCUT2D eigenvalue weighted by Crippen LogP contribution is 2.42. The van der Waals surface area contributed by atoms with E-state index in [4.69, 9.17) is 14.2 Å². The zero-order valence-electron chi connectivity index (χ0n) is 7.33. The second kappa shape index (κ2) is 2.14. The summed E-state index contributed by atoms with van der Waals surface area (Å²) >= 11 is 0. The van der Waals surface area contributed by atoms with Gasteiger partial charge in [-0.2, -0.15) is 0 Å². The third kappa shape index (κ3) is 0.850. The lowest BCUT2D eigenvalue weighted by Gasteiger charge is -2.18.